The van der Waals surface area contributed by atoms with Gasteiger partial charge < -0.3 is 9.72 Å². The number of nitrogens with one attached hydrogen (secondary N) is 1. The van der Waals surface area contributed by atoms with Crippen LogP contribution < -0.4 is 4.74 Å². The molecule has 4 aromatic rings. The van der Waals surface area contributed by atoms with Crippen molar-refractivity contribution < 1.29 is 4.74 Å². The minimum Gasteiger partial charge on any atom is -0.494 e. The Morgan fingerprint density at radius 3 is 2.87 bits per heavy atom. The van der Waals surface area contributed by atoms with Crippen LogP contribution in [0.5, 0.6) is 5.75 Å². The van der Waals surface area contributed by atoms with Gasteiger partial charge in [0.2, 0.25) is 0 Å². The van der Waals surface area contributed by atoms with Gasteiger partial charge in [-0.2, -0.15) is 0 Å². The number of fused-ring (bicyclic) bond motifs is 3. The van der Waals surface area contributed by atoms with Crippen LogP contribution in [0.1, 0.15) is 29.3 Å². The summed E-state index contributed by atoms with van der Waals surface area (Å²) in [5.41, 5.74) is 5.05. The first kappa shape index (κ1) is 19.2. The molecule has 1 aliphatic rings. The quantitative estimate of drug-likeness (QED) is 0.467. The fraction of sp³-hybridized carbons (Fsp3) is 0.304. The van der Waals surface area contributed by atoms with Crippen LogP contribution in [-0.2, 0) is 13.0 Å². The number of aromatic amines is 1. The van der Waals surface area contributed by atoms with Gasteiger partial charge in [0.25, 0.3) is 0 Å². The SMILES string of the molecule is CN1CCc2c([nH]c3ccc(Cl)cc23)C1c1ccc(OCCCn2ccnn2)cc1. The number of halogens is 1. The molecular weight excluding hydrogens is 398 g/mol. The normalized spacial score (nSPS) is 16.7. The molecule has 7 heteroatoms. The number of aryl methyl sites for hydroxylation is 1. The zero-order valence-electron chi connectivity index (χ0n) is 16.9. The molecule has 6 nitrogen and oxygen atoms in total. The molecule has 0 fully saturated rings. The van der Waals surface area contributed by atoms with E-state index in [1.807, 2.05) is 16.9 Å². The highest BCUT2D eigenvalue weighted by Crippen LogP contribution is 2.38. The summed E-state index contributed by atoms with van der Waals surface area (Å²) in [6, 6.07) is 14.7. The lowest BCUT2D eigenvalue weighted by molar-refractivity contribution is 0.261. The van der Waals surface area contributed by atoms with Gasteiger partial charge in [-0.05, 0) is 54.9 Å². The first-order valence-electron chi connectivity index (χ1n) is 10.3. The van der Waals surface area contributed by atoms with Gasteiger partial charge in [-0.15, -0.1) is 5.10 Å². The molecule has 0 bridgehead atoms. The molecule has 2 aromatic heterocycles. The number of hydrogen-bond acceptors (Lipinski definition) is 4. The van der Waals surface area contributed by atoms with Gasteiger partial charge in [0.05, 0.1) is 18.8 Å². The maximum atomic E-state index is 6.25. The largest absolute Gasteiger partial charge is 0.494 e. The van der Waals surface area contributed by atoms with Crippen LogP contribution in [0, 0.1) is 0 Å². The van der Waals surface area contributed by atoms with Crippen LogP contribution in [0.3, 0.4) is 0 Å². The Labute approximate surface area is 180 Å². The smallest absolute Gasteiger partial charge is 0.119 e. The van der Waals surface area contributed by atoms with Gasteiger partial charge in [-0.1, -0.05) is 28.9 Å². The lowest BCUT2D eigenvalue weighted by atomic mass is 9.93. The molecule has 1 unspecified atom stereocenters. The first-order valence-corrected chi connectivity index (χ1v) is 10.6. The summed E-state index contributed by atoms with van der Waals surface area (Å²) < 4.78 is 7.72. The average molecular weight is 422 g/mol. The van der Waals surface area contributed by atoms with E-state index in [0.717, 1.165) is 42.2 Å². The van der Waals surface area contributed by atoms with Crippen LogP contribution in [0.25, 0.3) is 10.9 Å². The zero-order valence-corrected chi connectivity index (χ0v) is 17.6. The zero-order chi connectivity index (χ0) is 20.5. The number of ether oxygens (including phenoxy) is 1. The Balaban J connectivity index is 1.32. The van der Waals surface area contributed by atoms with Crippen molar-refractivity contribution in [1.82, 2.24) is 24.9 Å². The fourth-order valence-corrected chi connectivity index (χ4v) is 4.49. The van der Waals surface area contributed by atoms with Crippen molar-refractivity contribution in [2.75, 3.05) is 20.2 Å². The van der Waals surface area contributed by atoms with Gasteiger partial charge in [0.1, 0.15) is 5.75 Å². The van der Waals surface area contributed by atoms with E-state index < -0.39 is 0 Å². The van der Waals surface area contributed by atoms with Crippen molar-refractivity contribution in [1.29, 1.82) is 0 Å². The van der Waals surface area contributed by atoms with Crippen molar-refractivity contribution in [2.24, 2.45) is 0 Å². The van der Waals surface area contributed by atoms with Gasteiger partial charge >= 0.3 is 0 Å². The van der Waals surface area contributed by atoms with Crippen molar-refractivity contribution in [3.63, 3.8) is 0 Å². The van der Waals surface area contributed by atoms with Gasteiger partial charge in [-0.25, -0.2) is 0 Å². The Morgan fingerprint density at radius 2 is 2.07 bits per heavy atom. The third-order valence-electron chi connectivity index (χ3n) is 5.80. The lowest BCUT2D eigenvalue weighted by Crippen LogP contribution is -2.32. The second-order valence-corrected chi connectivity index (χ2v) is 8.21. The number of H-pyrrole nitrogens is 1. The van der Waals surface area contributed by atoms with Crippen LogP contribution in [0.2, 0.25) is 5.02 Å². The van der Waals surface area contributed by atoms with Crippen molar-refractivity contribution >= 4 is 22.5 Å². The number of hydrogen-bond donors (Lipinski definition) is 1. The molecule has 0 saturated heterocycles. The average Bonchev–Trinajstić information content (AvgIpc) is 3.39. The van der Waals surface area contributed by atoms with E-state index in [0.29, 0.717) is 6.61 Å². The number of benzene rings is 2. The minimum absolute atomic E-state index is 0.196. The highest BCUT2D eigenvalue weighted by molar-refractivity contribution is 6.31. The molecule has 1 aliphatic heterocycles. The molecule has 0 amide bonds. The summed E-state index contributed by atoms with van der Waals surface area (Å²) >= 11 is 6.25. The molecule has 154 valence electrons. The predicted octanol–water partition coefficient (Wildman–Crippen LogP) is 4.46. The predicted molar refractivity (Wildman–Crippen MR) is 118 cm³/mol. The molecular formula is C23H24ClN5O. The van der Waals surface area contributed by atoms with E-state index >= 15 is 0 Å². The fourth-order valence-electron chi connectivity index (χ4n) is 4.32. The van der Waals surface area contributed by atoms with Crippen LogP contribution >= 0.6 is 11.6 Å². The molecule has 1 N–H and O–H groups in total. The van der Waals surface area contributed by atoms with E-state index in [2.05, 4.69) is 63.6 Å². The Hall–Kier alpha value is -2.83. The van der Waals surface area contributed by atoms with Crippen molar-refractivity contribution in [3.05, 3.63) is 76.7 Å². The van der Waals surface area contributed by atoms with Gasteiger partial charge in [0, 0.05) is 47.3 Å². The molecule has 0 spiro atoms. The standard InChI is InChI=1S/C23H24ClN5O/c1-28-12-9-19-20-15-17(24)5-8-21(20)26-22(19)23(28)16-3-6-18(7-4-16)30-14-2-11-29-13-10-25-27-29/h3-8,10,13,15,23,26H,2,9,11-12,14H2,1H3. The van der Waals surface area contributed by atoms with Gasteiger partial charge in [-0.3, -0.25) is 9.58 Å². The number of rotatable bonds is 6. The summed E-state index contributed by atoms with van der Waals surface area (Å²) in [7, 11) is 2.18. The van der Waals surface area contributed by atoms with Crippen molar-refractivity contribution in [3.8, 4) is 5.75 Å². The van der Waals surface area contributed by atoms with Crippen LogP contribution in [0.4, 0.5) is 0 Å². The Morgan fingerprint density at radius 1 is 1.20 bits per heavy atom. The third-order valence-corrected chi connectivity index (χ3v) is 6.03. The van der Waals surface area contributed by atoms with E-state index in [9.17, 15) is 0 Å². The van der Waals surface area contributed by atoms with Gasteiger partial charge in [0.15, 0.2) is 0 Å². The van der Waals surface area contributed by atoms with E-state index in [-0.39, 0.29) is 6.04 Å². The molecule has 2 aromatic carbocycles. The maximum Gasteiger partial charge on any atom is 0.119 e. The topological polar surface area (TPSA) is 59.0 Å². The highest BCUT2D eigenvalue weighted by atomic mass is 35.5. The summed E-state index contributed by atoms with van der Waals surface area (Å²) in [5, 5.41) is 9.80. The summed E-state index contributed by atoms with van der Waals surface area (Å²) in [6.07, 6.45) is 5.46. The van der Waals surface area contributed by atoms with E-state index in [4.69, 9.17) is 16.3 Å². The van der Waals surface area contributed by atoms with Crippen molar-refractivity contribution in [2.45, 2.75) is 25.4 Å². The Kier molecular flexibility index (Phi) is 5.19. The van der Waals surface area contributed by atoms with Crippen LogP contribution in [-0.4, -0.2) is 45.1 Å². The number of nitrogens with zero attached hydrogens (tertiary/aromatic N) is 4. The second-order valence-electron chi connectivity index (χ2n) is 7.78. The molecule has 3 heterocycles. The second kappa shape index (κ2) is 8.13. The van der Waals surface area contributed by atoms with Crippen LogP contribution in [0.15, 0.2) is 54.9 Å². The summed E-state index contributed by atoms with van der Waals surface area (Å²) in [5.74, 6) is 0.888. The summed E-state index contributed by atoms with van der Waals surface area (Å²) in [4.78, 5) is 6.04. The molecule has 0 saturated carbocycles. The third kappa shape index (κ3) is 3.68. The minimum atomic E-state index is 0.196. The molecule has 30 heavy (non-hydrogen) atoms. The molecule has 0 aliphatic carbocycles. The molecule has 5 rings (SSSR count). The molecule has 1 atom stereocenters. The maximum absolute atomic E-state index is 6.25. The first-order chi connectivity index (χ1) is 14.7. The number of aromatic nitrogens is 4. The van der Waals surface area contributed by atoms with E-state index in [1.165, 1.54) is 22.2 Å². The lowest BCUT2D eigenvalue weighted by Gasteiger charge is -2.33. The monoisotopic (exact) mass is 421 g/mol. The van der Waals surface area contributed by atoms with E-state index in [1.54, 1.807) is 6.20 Å². The molecule has 0 radical (unpaired) electrons. The number of likely N-dealkylation sites (N-methyl/N-ethyl adjacent to an activating group) is 1. The highest BCUT2D eigenvalue weighted by Gasteiger charge is 2.29. The summed E-state index contributed by atoms with van der Waals surface area (Å²) in [6.45, 7) is 2.46. The Bertz CT molecular complexity index is 1140.